The van der Waals surface area contributed by atoms with Gasteiger partial charge in [-0.1, -0.05) is 89.9 Å². The zero-order valence-electron chi connectivity index (χ0n) is 9.90. The molecule has 0 saturated heterocycles. The topological polar surface area (TPSA) is 0 Å². The van der Waals surface area contributed by atoms with Crippen molar-refractivity contribution >= 4 is 0 Å². The number of hydrogen-bond acceptors (Lipinski definition) is 0. The molecule has 0 bridgehead atoms. The van der Waals surface area contributed by atoms with E-state index in [1.165, 1.54) is 89.9 Å². The summed E-state index contributed by atoms with van der Waals surface area (Å²) in [6.45, 7) is 0. The van der Waals surface area contributed by atoms with Gasteiger partial charge in [0.1, 0.15) is 0 Å². The van der Waals surface area contributed by atoms with Gasteiger partial charge in [0.05, 0.1) is 0 Å². The third kappa shape index (κ3) is 7.41. The third-order valence-corrected chi connectivity index (χ3v) is 3.50. The van der Waals surface area contributed by atoms with Crippen LogP contribution in [0.4, 0.5) is 0 Å². The fourth-order valence-electron chi connectivity index (χ4n) is 1.56. The van der Waals surface area contributed by atoms with Gasteiger partial charge in [0.15, 0.2) is 0 Å². The minimum atomic E-state index is 1.50. The van der Waals surface area contributed by atoms with E-state index in [-0.39, 0.29) is 0 Å². The van der Waals surface area contributed by atoms with Gasteiger partial charge in [-0.05, 0) is 0 Å². The highest BCUT2D eigenvalue weighted by molar-refractivity contribution is 4.51. The first-order valence-electron chi connectivity index (χ1n) is 7.00. The van der Waals surface area contributed by atoms with Crippen LogP contribution in [0.1, 0.15) is 89.9 Å². The molecule has 3 aliphatic carbocycles. The maximum absolute atomic E-state index is 1.50. The van der Waals surface area contributed by atoms with Crippen molar-refractivity contribution in [3.05, 3.63) is 0 Å². The Balaban J connectivity index is 0.000000108. The average Bonchev–Trinajstić information content (AvgIpc) is 2.01. The van der Waals surface area contributed by atoms with Crippen molar-refractivity contribution in [1.29, 1.82) is 0 Å². The maximum atomic E-state index is 1.50. The number of rotatable bonds is 0. The molecule has 0 aliphatic heterocycles. The Morgan fingerprint density at radius 1 is 0.143 bits per heavy atom. The van der Waals surface area contributed by atoms with Gasteiger partial charge in [0.25, 0.3) is 0 Å². The first-order chi connectivity index (χ1) is 7.00. The van der Waals surface area contributed by atoms with Gasteiger partial charge in [0, 0.05) is 0 Å². The molecule has 3 saturated carbocycles. The van der Waals surface area contributed by atoms with Gasteiger partial charge < -0.3 is 0 Å². The highest BCUT2D eigenvalue weighted by atomic mass is 14.0. The summed E-state index contributed by atoms with van der Waals surface area (Å²) < 4.78 is 0. The van der Waals surface area contributed by atoms with Gasteiger partial charge in [0.2, 0.25) is 0 Å². The zero-order valence-corrected chi connectivity index (χ0v) is 9.90. The van der Waals surface area contributed by atoms with Gasteiger partial charge in [-0.15, -0.1) is 0 Å². The average molecular weight is 196 g/mol. The highest BCUT2D eigenvalue weighted by Gasteiger charge is 1.96. The molecule has 0 heterocycles. The molecule has 14 heavy (non-hydrogen) atoms. The Morgan fingerprint density at radius 2 is 0.214 bits per heavy atom. The molecule has 0 unspecified atom stereocenters. The van der Waals surface area contributed by atoms with Crippen molar-refractivity contribution < 1.29 is 0 Å². The molecule has 0 spiro atoms. The zero-order chi connectivity index (χ0) is 9.90. The molecule has 0 aromatic heterocycles. The van der Waals surface area contributed by atoms with Crippen LogP contribution in [0.5, 0.6) is 0 Å². The Hall–Kier alpha value is 0. The van der Waals surface area contributed by atoms with E-state index >= 15 is 0 Å². The second kappa shape index (κ2) is 9.55. The summed E-state index contributed by atoms with van der Waals surface area (Å²) in [6.07, 6.45) is 21.0. The summed E-state index contributed by atoms with van der Waals surface area (Å²) in [4.78, 5) is 0. The van der Waals surface area contributed by atoms with Gasteiger partial charge >= 0.3 is 0 Å². The molecule has 0 aromatic carbocycles. The van der Waals surface area contributed by atoms with E-state index < -0.39 is 0 Å². The van der Waals surface area contributed by atoms with Gasteiger partial charge in [-0.3, -0.25) is 0 Å². The SMILES string of the molecule is C1CCC1.C1CCC1.C1CCCCC1. The predicted molar refractivity (Wildman–Crippen MR) is 64.6 cm³/mol. The molecule has 84 valence electrons. The molecule has 0 nitrogen and oxygen atoms in total. The second-order valence-corrected chi connectivity index (χ2v) is 4.95. The quantitative estimate of drug-likeness (QED) is 0.482. The first-order valence-corrected chi connectivity index (χ1v) is 7.00. The summed E-state index contributed by atoms with van der Waals surface area (Å²) in [6, 6.07) is 0. The van der Waals surface area contributed by atoms with Crippen LogP contribution in [0, 0.1) is 0 Å². The van der Waals surface area contributed by atoms with E-state index in [0.29, 0.717) is 0 Å². The summed E-state index contributed by atoms with van der Waals surface area (Å²) in [7, 11) is 0. The van der Waals surface area contributed by atoms with E-state index in [2.05, 4.69) is 0 Å². The lowest BCUT2D eigenvalue weighted by Crippen LogP contribution is -1.85. The normalized spacial score (nSPS) is 24.0. The predicted octanol–water partition coefficient (Wildman–Crippen LogP) is 5.46. The Kier molecular flexibility index (Phi) is 8.24. The van der Waals surface area contributed by atoms with E-state index in [0.717, 1.165) is 0 Å². The summed E-state index contributed by atoms with van der Waals surface area (Å²) in [5.74, 6) is 0. The summed E-state index contributed by atoms with van der Waals surface area (Å²) in [5.41, 5.74) is 0. The van der Waals surface area contributed by atoms with Crippen molar-refractivity contribution in [2.24, 2.45) is 0 Å². The van der Waals surface area contributed by atoms with Crippen molar-refractivity contribution in [2.45, 2.75) is 89.9 Å². The van der Waals surface area contributed by atoms with Crippen LogP contribution in [0.15, 0.2) is 0 Å². The van der Waals surface area contributed by atoms with Crippen molar-refractivity contribution in [1.82, 2.24) is 0 Å². The maximum Gasteiger partial charge on any atom is -0.0533 e. The fraction of sp³-hybridized carbons (Fsp3) is 1.00. The van der Waals surface area contributed by atoms with Crippen LogP contribution >= 0.6 is 0 Å². The van der Waals surface area contributed by atoms with E-state index in [9.17, 15) is 0 Å². The van der Waals surface area contributed by atoms with Gasteiger partial charge in [-0.2, -0.15) is 0 Å². The van der Waals surface area contributed by atoms with Crippen LogP contribution in [0.3, 0.4) is 0 Å². The van der Waals surface area contributed by atoms with Crippen molar-refractivity contribution in [3.8, 4) is 0 Å². The summed E-state index contributed by atoms with van der Waals surface area (Å²) in [5, 5.41) is 0. The Labute approximate surface area is 90.5 Å². The van der Waals surface area contributed by atoms with Crippen LogP contribution in [-0.2, 0) is 0 Å². The van der Waals surface area contributed by atoms with Crippen LogP contribution in [0.2, 0.25) is 0 Å². The molecule has 0 heteroatoms. The Morgan fingerprint density at radius 3 is 0.286 bits per heavy atom. The molecule has 0 aromatic rings. The molecule has 3 aliphatic rings. The molecule has 3 rings (SSSR count). The molecule has 0 amide bonds. The van der Waals surface area contributed by atoms with Crippen LogP contribution in [-0.4, -0.2) is 0 Å². The number of hydrogen-bond donors (Lipinski definition) is 0. The largest absolute Gasteiger partial charge is 0.0533 e. The fourth-order valence-corrected chi connectivity index (χ4v) is 1.56. The highest BCUT2D eigenvalue weighted by Crippen LogP contribution is 2.16. The van der Waals surface area contributed by atoms with E-state index in [1.54, 1.807) is 0 Å². The lowest BCUT2D eigenvalue weighted by Gasteiger charge is -2.05. The molecular formula is C14H28. The van der Waals surface area contributed by atoms with E-state index in [4.69, 9.17) is 0 Å². The molecular weight excluding hydrogens is 168 g/mol. The minimum Gasteiger partial charge on any atom is -0.0533 e. The van der Waals surface area contributed by atoms with Crippen LogP contribution < -0.4 is 0 Å². The standard InChI is InChI=1S/C6H12.2C4H8/c1-2-4-6-5-3-1;2*1-2-4-3-1/h1-6H2;2*1-4H2. The van der Waals surface area contributed by atoms with E-state index in [1.807, 2.05) is 0 Å². The molecule has 0 N–H and O–H groups in total. The minimum absolute atomic E-state index is 1.50. The summed E-state index contributed by atoms with van der Waals surface area (Å²) >= 11 is 0. The Bertz CT molecular complexity index is 67.1. The molecule has 3 fully saturated rings. The third-order valence-electron chi connectivity index (χ3n) is 3.50. The lowest BCUT2D eigenvalue weighted by atomic mass is 10.0. The first kappa shape index (κ1) is 12.1. The molecule has 0 radical (unpaired) electrons. The van der Waals surface area contributed by atoms with Gasteiger partial charge in [-0.25, -0.2) is 0 Å². The molecule has 0 atom stereocenters. The monoisotopic (exact) mass is 196 g/mol. The van der Waals surface area contributed by atoms with Crippen LogP contribution in [0.25, 0.3) is 0 Å². The lowest BCUT2D eigenvalue weighted by molar-refractivity contribution is 0.504. The smallest absolute Gasteiger partial charge is 0.0533 e. The van der Waals surface area contributed by atoms with Crippen molar-refractivity contribution in [3.63, 3.8) is 0 Å². The second-order valence-electron chi connectivity index (χ2n) is 4.95. The van der Waals surface area contributed by atoms with Crippen molar-refractivity contribution in [2.75, 3.05) is 0 Å².